The smallest absolute Gasteiger partial charge is 0.213 e. The molecule has 48 heavy (non-hydrogen) atoms. The van der Waals surface area contributed by atoms with Gasteiger partial charge in [0.25, 0.3) is 0 Å². The maximum atomic E-state index is 12.6. The van der Waals surface area contributed by atoms with E-state index < -0.39 is 5.95 Å². The minimum Gasteiger partial charge on any atom is -0.469 e. The first kappa shape index (κ1) is 43.0. The van der Waals surface area contributed by atoms with E-state index in [1.807, 2.05) is 79.6 Å². The third-order valence-electron chi connectivity index (χ3n) is 6.94. The second kappa shape index (κ2) is 18.1. The van der Waals surface area contributed by atoms with Crippen LogP contribution in [0, 0.1) is 5.95 Å². The van der Waals surface area contributed by atoms with Crippen LogP contribution < -0.4 is 0 Å². The van der Waals surface area contributed by atoms with Crippen molar-refractivity contribution in [2.75, 3.05) is 0 Å². The van der Waals surface area contributed by atoms with E-state index in [4.69, 9.17) is 4.42 Å². The van der Waals surface area contributed by atoms with Gasteiger partial charge in [0.2, 0.25) is 5.95 Å². The number of halogens is 1. The lowest BCUT2D eigenvalue weighted by Gasteiger charge is -2.17. The molecule has 0 unspecified atom stereocenters. The van der Waals surface area contributed by atoms with Gasteiger partial charge in [0.15, 0.2) is 0 Å². The monoisotopic (exact) mass is 695 g/mol. The van der Waals surface area contributed by atoms with Crippen LogP contribution in [0.2, 0.25) is 0 Å². The van der Waals surface area contributed by atoms with E-state index in [0.29, 0.717) is 10.8 Å². The Bertz CT molecular complexity index is 1430. The van der Waals surface area contributed by atoms with Gasteiger partial charge in [-0.05, 0) is 79.9 Å². The van der Waals surface area contributed by atoms with Crippen molar-refractivity contribution in [3.8, 4) is 0 Å². The highest BCUT2D eigenvalue weighted by atomic mass is 32.1. The molecule has 0 aliphatic rings. The van der Waals surface area contributed by atoms with E-state index in [2.05, 4.69) is 134 Å². The van der Waals surface area contributed by atoms with E-state index in [1.165, 1.54) is 27.6 Å². The Morgan fingerprint density at radius 2 is 1.12 bits per heavy atom. The Hall–Kier alpha value is -3.03. The van der Waals surface area contributed by atoms with E-state index in [1.54, 1.807) is 6.26 Å². The number of furan rings is 1. The van der Waals surface area contributed by atoms with E-state index in [-0.39, 0.29) is 16.2 Å². The van der Waals surface area contributed by atoms with Gasteiger partial charge in [-0.2, -0.15) is 9.49 Å². The Labute approximate surface area is 299 Å². The molecule has 5 rings (SSSR count). The first-order valence-corrected chi connectivity index (χ1v) is 18.3. The molecular formula is C41H62FN3OS2. The van der Waals surface area contributed by atoms with Gasteiger partial charge < -0.3 is 4.42 Å². The number of nitrogens with zero attached hydrogens (tertiary/aromatic N) is 3. The zero-order chi connectivity index (χ0) is 37.0. The number of hydrogen-bond donors (Lipinski definition) is 0. The highest BCUT2D eigenvalue weighted by Gasteiger charge is 2.17. The van der Waals surface area contributed by atoms with Crippen molar-refractivity contribution in [3.05, 3.63) is 117 Å². The fraction of sp³-hybridized carbons (Fsp3) is 0.512. The third-order valence-corrected chi connectivity index (χ3v) is 9.54. The van der Waals surface area contributed by atoms with E-state index >= 15 is 0 Å². The van der Waals surface area contributed by atoms with Crippen molar-refractivity contribution in [3.63, 3.8) is 0 Å². The van der Waals surface area contributed by atoms with Crippen LogP contribution in [0.4, 0.5) is 4.39 Å². The average molecular weight is 696 g/mol. The second-order valence-electron chi connectivity index (χ2n) is 17.0. The summed E-state index contributed by atoms with van der Waals surface area (Å²) in [4.78, 5) is 6.41. The number of thiophene rings is 2. The predicted molar refractivity (Wildman–Crippen MR) is 208 cm³/mol. The summed E-state index contributed by atoms with van der Waals surface area (Å²) in [5.41, 5.74) is 3.34. The molecule has 0 fully saturated rings. The first-order chi connectivity index (χ1) is 21.8. The molecule has 5 aromatic rings. The van der Waals surface area contributed by atoms with E-state index in [0.717, 1.165) is 11.3 Å². The largest absolute Gasteiger partial charge is 0.469 e. The summed E-state index contributed by atoms with van der Waals surface area (Å²) in [7, 11) is 1.94. The van der Waals surface area contributed by atoms with Crippen molar-refractivity contribution in [2.24, 2.45) is 7.05 Å². The van der Waals surface area contributed by atoms with Gasteiger partial charge in [0.1, 0.15) is 5.76 Å². The Kier molecular flexibility index (Phi) is 16.2. The number of pyridine rings is 1. The molecule has 0 N–H and O–H groups in total. The first-order valence-electron chi connectivity index (χ1n) is 16.5. The minimum absolute atomic E-state index is 0.00375. The van der Waals surface area contributed by atoms with Gasteiger partial charge in [0, 0.05) is 34.6 Å². The second-order valence-corrected chi connectivity index (χ2v) is 18.8. The van der Waals surface area contributed by atoms with Crippen LogP contribution in [0.1, 0.15) is 130 Å². The Balaban J connectivity index is 0.000000301. The number of hydrogen-bond acceptors (Lipinski definition) is 5. The van der Waals surface area contributed by atoms with Crippen molar-refractivity contribution < 1.29 is 8.81 Å². The van der Waals surface area contributed by atoms with Gasteiger partial charge in [-0.1, -0.05) is 116 Å². The van der Waals surface area contributed by atoms with Crippen LogP contribution in [-0.2, 0) is 34.1 Å². The SMILES string of the molecule is CC(C)(C)c1ccco1.CC(C)(C)c1cccs1.CC(C)(C)c1cccs1.CC(C)(C)c1ccnc(F)c1.Cn1cc(C(C)(C)C)cn1. The van der Waals surface area contributed by atoms with Crippen LogP contribution >= 0.6 is 22.7 Å². The lowest BCUT2D eigenvalue weighted by molar-refractivity contribution is 0.409. The van der Waals surface area contributed by atoms with E-state index in [9.17, 15) is 4.39 Å². The summed E-state index contributed by atoms with van der Waals surface area (Å²) in [5, 5.41) is 8.35. The Morgan fingerprint density at radius 3 is 1.33 bits per heavy atom. The lowest BCUT2D eigenvalue weighted by Crippen LogP contribution is -2.11. The molecule has 0 aliphatic heterocycles. The molecule has 0 bridgehead atoms. The molecule has 0 saturated carbocycles. The van der Waals surface area contributed by atoms with Crippen LogP contribution in [0.5, 0.6) is 0 Å². The topological polar surface area (TPSA) is 43.9 Å². The maximum absolute atomic E-state index is 12.6. The summed E-state index contributed by atoms with van der Waals surface area (Å²) in [6.45, 7) is 32.5. The van der Waals surface area contributed by atoms with Crippen LogP contribution in [0.15, 0.2) is 88.6 Å². The molecule has 0 amide bonds. The maximum Gasteiger partial charge on any atom is 0.213 e. The highest BCUT2D eigenvalue weighted by molar-refractivity contribution is 7.10. The number of rotatable bonds is 0. The van der Waals surface area contributed by atoms with Gasteiger partial charge in [-0.15, -0.1) is 22.7 Å². The lowest BCUT2D eigenvalue weighted by atomic mass is 9.88. The van der Waals surface area contributed by atoms with Crippen molar-refractivity contribution in [2.45, 2.75) is 131 Å². The predicted octanol–water partition coefficient (Wildman–Crippen LogP) is 12.9. The molecule has 0 radical (unpaired) electrons. The van der Waals surface area contributed by atoms with Gasteiger partial charge in [0.05, 0.1) is 12.5 Å². The molecule has 0 aromatic carbocycles. The van der Waals surface area contributed by atoms with Crippen molar-refractivity contribution >= 4 is 22.7 Å². The molecule has 0 atom stereocenters. The van der Waals surface area contributed by atoms with Gasteiger partial charge in [-0.25, -0.2) is 4.98 Å². The standard InChI is InChI=1S/C9H12FN.C8H14N2.C8H12O.2C8H12S/c1-9(2,3)7-4-5-11-8(10)6-7;1-8(2,3)7-5-9-10(4)6-7;3*1-8(2,3)7-5-4-6-9-7/h4-6H,1-3H3;5-6H,1-4H3;3*4-6H,1-3H3. The molecule has 4 nitrogen and oxygen atoms in total. The van der Waals surface area contributed by atoms with Gasteiger partial charge in [-0.3, -0.25) is 4.68 Å². The molecular weight excluding hydrogens is 634 g/mol. The van der Waals surface area contributed by atoms with Crippen molar-refractivity contribution in [1.82, 2.24) is 14.8 Å². The number of aryl methyl sites for hydroxylation is 1. The summed E-state index contributed by atoms with van der Waals surface area (Å²) in [6.07, 6.45) is 7.18. The molecule has 7 heteroatoms. The number of aromatic nitrogens is 3. The van der Waals surface area contributed by atoms with Crippen LogP contribution in [0.25, 0.3) is 0 Å². The van der Waals surface area contributed by atoms with Crippen LogP contribution in [0.3, 0.4) is 0 Å². The average Bonchev–Trinajstić information content (AvgIpc) is 3.75. The minimum atomic E-state index is -0.405. The van der Waals surface area contributed by atoms with Gasteiger partial charge >= 0.3 is 0 Å². The molecule has 0 aliphatic carbocycles. The summed E-state index contributed by atoms with van der Waals surface area (Å²) in [5.74, 6) is 0.639. The summed E-state index contributed by atoms with van der Waals surface area (Å²) in [6, 6.07) is 15.8. The fourth-order valence-corrected chi connectivity index (χ4v) is 5.42. The summed E-state index contributed by atoms with van der Waals surface area (Å²) >= 11 is 3.66. The molecule has 5 heterocycles. The molecule has 0 saturated heterocycles. The van der Waals surface area contributed by atoms with Crippen LogP contribution in [-0.4, -0.2) is 14.8 Å². The summed E-state index contributed by atoms with van der Waals surface area (Å²) < 4.78 is 19.6. The molecule has 0 spiro atoms. The van der Waals surface area contributed by atoms with Crippen molar-refractivity contribution in [1.29, 1.82) is 0 Å². The normalized spacial score (nSPS) is 11.9. The third kappa shape index (κ3) is 16.9. The zero-order valence-corrected chi connectivity index (χ0v) is 34.2. The Morgan fingerprint density at radius 1 is 0.625 bits per heavy atom. The fourth-order valence-electron chi connectivity index (χ4n) is 3.79. The zero-order valence-electron chi connectivity index (χ0n) is 32.5. The molecule has 266 valence electrons. The highest BCUT2D eigenvalue weighted by Crippen LogP contribution is 2.27. The molecule has 5 aromatic heterocycles. The quantitative estimate of drug-likeness (QED) is 0.151.